The van der Waals surface area contributed by atoms with E-state index in [0.29, 0.717) is 0 Å². The van der Waals surface area contributed by atoms with Crippen molar-refractivity contribution in [3.8, 4) is 0 Å². The maximum Gasteiger partial charge on any atom is 0.320 e. The summed E-state index contributed by atoms with van der Waals surface area (Å²) >= 11 is 0. The average molecular weight is 207 g/mol. The van der Waals surface area contributed by atoms with E-state index in [1.165, 1.54) is 0 Å². The van der Waals surface area contributed by atoms with Gasteiger partial charge in [0, 0.05) is 5.54 Å². The highest BCUT2D eigenvalue weighted by molar-refractivity contribution is 7.90. The third kappa shape index (κ3) is 2.96. The third-order valence-electron chi connectivity index (χ3n) is 2.17. The molecule has 0 aromatic rings. The van der Waals surface area contributed by atoms with Crippen molar-refractivity contribution in [2.75, 3.05) is 5.75 Å². The Balaban J connectivity index is 2.56. The maximum absolute atomic E-state index is 11.2. The molecule has 13 heavy (non-hydrogen) atoms. The van der Waals surface area contributed by atoms with Crippen LogP contribution in [0.25, 0.3) is 0 Å². The average Bonchev–Trinajstić information content (AvgIpc) is 1.79. The number of hydrogen-bond acceptors (Lipinski definition) is 3. The lowest BCUT2D eigenvalue weighted by atomic mass is 9.80. The summed E-state index contributed by atoms with van der Waals surface area (Å²) < 4.78 is 24.7. The van der Waals surface area contributed by atoms with E-state index in [1.807, 2.05) is 0 Å². The van der Waals surface area contributed by atoms with E-state index in [0.717, 1.165) is 19.3 Å². The van der Waals surface area contributed by atoms with Crippen LogP contribution in [0, 0.1) is 0 Å². The van der Waals surface area contributed by atoms with Crippen molar-refractivity contribution in [1.29, 1.82) is 0 Å². The molecular formula is C7H13NO4S. The van der Waals surface area contributed by atoms with Crippen molar-refractivity contribution in [2.24, 2.45) is 0 Å². The van der Waals surface area contributed by atoms with Crippen molar-refractivity contribution in [3.05, 3.63) is 0 Å². The first-order chi connectivity index (χ1) is 5.83. The summed E-state index contributed by atoms with van der Waals surface area (Å²) in [6.07, 6.45) is 2.56. The molecule has 1 rings (SSSR count). The first-order valence-electron chi connectivity index (χ1n) is 4.06. The number of carboxylic acids is 1. The third-order valence-corrected chi connectivity index (χ3v) is 3.60. The fourth-order valence-corrected chi connectivity index (χ4v) is 2.74. The summed E-state index contributed by atoms with van der Waals surface area (Å²) in [4.78, 5) is 10.2. The number of rotatable bonds is 4. The topological polar surface area (TPSA) is 83.5 Å². The second-order valence-corrected chi connectivity index (χ2v) is 5.39. The molecule has 2 N–H and O–H groups in total. The second-order valence-electron chi connectivity index (χ2n) is 3.67. The molecule has 0 aromatic heterocycles. The van der Waals surface area contributed by atoms with Gasteiger partial charge in [0.2, 0.25) is 10.0 Å². The highest BCUT2D eigenvalue weighted by Crippen LogP contribution is 2.31. The monoisotopic (exact) mass is 207 g/mol. The van der Waals surface area contributed by atoms with Crippen molar-refractivity contribution in [1.82, 2.24) is 4.72 Å². The van der Waals surface area contributed by atoms with E-state index >= 15 is 0 Å². The van der Waals surface area contributed by atoms with E-state index in [-0.39, 0.29) is 0 Å². The number of hydrogen-bond donors (Lipinski definition) is 2. The van der Waals surface area contributed by atoms with Gasteiger partial charge in [-0.1, -0.05) is 0 Å². The van der Waals surface area contributed by atoms with E-state index in [1.54, 1.807) is 6.92 Å². The Hall–Kier alpha value is -0.620. The second kappa shape index (κ2) is 3.26. The van der Waals surface area contributed by atoms with E-state index in [9.17, 15) is 13.2 Å². The molecule has 0 radical (unpaired) electrons. The molecule has 76 valence electrons. The predicted molar refractivity (Wildman–Crippen MR) is 46.8 cm³/mol. The number of aliphatic carboxylic acids is 1. The van der Waals surface area contributed by atoms with Crippen molar-refractivity contribution in [2.45, 2.75) is 31.7 Å². The van der Waals surface area contributed by atoms with Gasteiger partial charge < -0.3 is 5.11 Å². The highest BCUT2D eigenvalue weighted by Gasteiger charge is 2.36. The lowest BCUT2D eigenvalue weighted by Crippen LogP contribution is -2.52. The molecule has 0 aromatic carbocycles. The van der Waals surface area contributed by atoms with Crippen LogP contribution in [0.5, 0.6) is 0 Å². The number of sulfonamides is 1. The summed E-state index contributed by atoms with van der Waals surface area (Å²) in [5, 5.41) is 8.32. The molecule has 0 aliphatic heterocycles. The molecule has 0 bridgehead atoms. The number of carbonyl (C=O) groups is 1. The zero-order valence-electron chi connectivity index (χ0n) is 7.41. The van der Waals surface area contributed by atoms with Gasteiger partial charge in [-0.2, -0.15) is 0 Å². The maximum atomic E-state index is 11.2. The molecule has 0 saturated heterocycles. The van der Waals surface area contributed by atoms with E-state index in [4.69, 9.17) is 5.11 Å². The predicted octanol–water partition coefficient (Wildman–Crippen LogP) is -0.0670. The van der Waals surface area contributed by atoms with Crippen molar-refractivity contribution in [3.63, 3.8) is 0 Å². The summed E-state index contributed by atoms with van der Waals surface area (Å²) in [5.41, 5.74) is -0.408. The standard InChI is InChI=1S/C7H13NO4S/c1-7(3-2-4-7)8-13(11,12)5-6(9)10/h8H,2-5H2,1H3,(H,9,10). The lowest BCUT2D eigenvalue weighted by Gasteiger charge is -2.38. The summed E-state index contributed by atoms with van der Waals surface area (Å²) in [6.45, 7) is 1.79. The Labute approximate surface area is 77.2 Å². The molecule has 1 fully saturated rings. The number of carboxylic acid groups (broad SMARTS) is 1. The van der Waals surface area contributed by atoms with Crippen LogP contribution >= 0.6 is 0 Å². The summed E-state index contributed by atoms with van der Waals surface area (Å²) in [5.74, 6) is -2.17. The molecule has 5 nitrogen and oxygen atoms in total. The fourth-order valence-electron chi connectivity index (χ4n) is 1.38. The van der Waals surface area contributed by atoms with E-state index in [2.05, 4.69) is 4.72 Å². The van der Waals surface area contributed by atoms with Gasteiger partial charge in [-0.15, -0.1) is 0 Å². The molecule has 1 aliphatic rings. The fraction of sp³-hybridized carbons (Fsp3) is 0.857. The minimum atomic E-state index is -3.65. The first kappa shape index (κ1) is 10.5. The summed E-state index contributed by atoms with van der Waals surface area (Å²) in [6, 6.07) is 0. The van der Waals surface area contributed by atoms with Crippen LogP contribution in [0.2, 0.25) is 0 Å². The lowest BCUT2D eigenvalue weighted by molar-refractivity contribution is -0.134. The molecular weight excluding hydrogens is 194 g/mol. The van der Waals surface area contributed by atoms with Crippen LogP contribution in [0.3, 0.4) is 0 Å². The zero-order chi connectivity index (χ0) is 10.1. The molecule has 0 heterocycles. The quantitative estimate of drug-likeness (QED) is 0.676. The van der Waals surface area contributed by atoms with Crippen LogP contribution in [-0.4, -0.2) is 30.8 Å². The highest BCUT2D eigenvalue weighted by atomic mass is 32.2. The minimum Gasteiger partial charge on any atom is -0.480 e. The van der Waals surface area contributed by atoms with Gasteiger partial charge in [-0.25, -0.2) is 13.1 Å². The van der Waals surface area contributed by atoms with Crippen molar-refractivity contribution < 1.29 is 18.3 Å². The molecule has 0 atom stereocenters. The smallest absolute Gasteiger partial charge is 0.320 e. The van der Waals surface area contributed by atoms with Gasteiger partial charge in [0.1, 0.15) is 0 Å². The Morgan fingerprint density at radius 2 is 2.08 bits per heavy atom. The number of nitrogens with one attached hydrogen (secondary N) is 1. The van der Waals surface area contributed by atoms with Crippen LogP contribution in [-0.2, 0) is 14.8 Å². The van der Waals surface area contributed by atoms with Gasteiger partial charge in [-0.05, 0) is 26.2 Å². The van der Waals surface area contributed by atoms with Gasteiger partial charge in [-0.3, -0.25) is 4.79 Å². The van der Waals surface area contributed by atoms with Crippen LogP contribution in [0.15, 0.2) is 0 Å². The van der Waals surface area contributed by atoms with Gasteiger partial charge >= 0.3 is 5.97 Å². The zero-order valence-corrected chi connectivity index (χ0v) is 8.23. The largest absolute Gasteiger partial charge is 0.480 e. The van der Waals surface area contributed by atoms with Gasteiger partial charge in [0.15, 0.2) is 5.75 Å². The Morgan fingerprint density at radius 1 is 1.54 bits per heavy atom. The Bertz CT molecular complexity index is 304. The molecule has 0 amide bonds. The molecule has 1 aliphatic carbocycles. The van der Waals surface area contributed by atoms with Crippen LogP contribution < -0.4 is 4.72 Å². The Morgan fingerprint density at radius 3 is 2.38 bits per heavy atom. The molecule has 0 spiro atoms. The van der Waals surface area contributed by atoms with E-state index < -0.39 is 27.3 Å². The minimum absolute atomic E-state index is 0.408. The first-order valence-corrected chi connectivity index (χ1v) is 5.72. The Kier molecular flexibility index (Phi) is 2.63. The molecule has 6 heteroatoms. The molecule has 1 saturated carbocycles. The van der Waals surface area contributed by atoms with Crippen LogP contribution in [0.4, 0.5) is 0 Å². The SMILES string of the molecule is CC1(NS(=O)(=O)CC(=O)O)CCC1. The van der Waals surface area contributed by atoms with Gasteiger partial charge in [0.05, 0.1) is 0 Å². The van der Waals surface area contributed by atoms with Crippen molar-refractivity contribution >= 4 is 16.0 Å². The molecule has 0 unspecified atom stereocenters. The van der Waals surface area contributed by atoms with Crippen LogP contribution in [0.1, 0.15) is 26.2 Å². The normalized spacial score (nSPS) is 20.7. The summed E-state index contributed by atoms with van der Waals surface area (Å²) in [7, 11) is -3.65. The van der Waals surface area contributed by atoms with Gasteiger partial charge in [0.25, 0.3) is 0 Å².